The molecule has 0 amide bonds. The quantitative estimate of drug-likeness (QED) is 0.180. The van der Waals surface area contributed by atoms with E-state index in [-0.39, 0.29) is 6.10 Å². The predicted octanol–water partition coefficient (Wildman–Crippen LogP) is 7.45. The van der Waals surface area contributed by atoms with E-state index in [1.165, 1.54) is 0 Å². The Morgan fingerprint density at radius 1 is 0.564 bits per heavy atom. The number of aliphatic hydroxyl groups excluding tert-OH is 1. The van der Waals surface area contributed by atoms with Crippen LogP contribution in [-0.4, -0.2) is 10.8 Å². The SMILES string of the molecule is O=P(c1ccccc1)(c1ccccc1)[C@@H](C[C@H](OCc1ccccc1)c1ccccc1)[C@@H](O)c1ccccc1. The maximum absolute atomic E-state index is 15.6. The summed E-state index contributed by atoms with van der Waals surface area (Å²) in [6.45, 7) is 0.412. The molecule has 5 aromatic carbocycles. The summed E-state index contributed by atoms with van der Waals surface area (Å²) in [6, 6.07) is 48.8. The first-order valence-electron chi connectivity index (χ1n) is 13.3. The van der Waals surface area contributed by atoms with Crippen LogP contribution in [0.4, 0.5) is 0 Å². The van der Waals surface area contributed by atoms with E-state index in [2.05, 4.69) is 0 Å². The van der Waals surface area contributed by atoms with Crippen LogP contribution in [0.15, 0.2) is 152 Å². The van der Waals surface area contributed by atoms with Gasteiger partial charge in [0.25, 0.3) is 0 Å². The Balaban J connectivity index is 1.62. The monoisotopic (exact) mass is 532 g/mol. The van der Waals surface area contributed by atoms with Crippen LogP contribution in [0, 0.1) is 0 Å². The summed E-state index contributed by atoms with van der Waals surface area (Å²) in [6.07, 6.45) is -0.979. The molecule has 0 heterocycles. The fourth-order valence-electron chi connectivity index (χ4n) is 5.14. The van der Waals surface area contributed by atoms with Crippen LogP contribution in [0.2, 0.25) is 0 Å². The first-order chi connectivity index (χ1) is 19.2. The molecule has 1 N–H and O–H groups in total. The van der Waals surface area contributed by atoms with Gasteiger partial charge < -0.3 is 14.4 Å². The van der Waals surface area contributed by atoms with E-state index in [0.29, 0.717) is 13.0 Å². The summed E-state index contributed by atoms with van der Waals surface area (Å²) in [5, 5.41) is 13.4. The third-order valence-electron chi connectivity index (χ3n) is 7.17. The number of hydrogen-bond acceptors (Lipinski definition) is 3. The minimum absolute atomic E-state index is 0.369. The molecule has 0 aliphatic heterocycles. The molecule has 196 valence electrons. The molecule has 0 unspecified atom stereocenters. The summed E-state index contributed by atoms with van der Waals surface area (Å²) in [5.41, 5.74) is 2.16. The molecular weight excluding hydrogens is 499 g/mol. The Morgan fingerprint density at radius 3 is 1.46 bits per heavy atom. The molecule has 0 spiro atoms. The van der Waals surface area contributed by atoms with E-state index in [1.54, 1.807) is 0 Å². The second-order valence-electron chi connectivity index (χ2n) is 9.68. The van der Waals surface area contributed by atoms with E-state index in [9.17, 15) is 5.11 Å². The lowest BCUT2D eigenvalue weighted by Gasteiger charge is -2.35. The standard InChI is InChI=1S/C35H33O3P/c36-35(30-20-10-3-11-21-30)34(39(37,31-22-12-4-13-23-31)32-24-14-5-15-25-32)26-33(29-18-8-2-9-19-29)38-27-28-16-6-1-7-17-28/h1-25,33-36H,26-27H2/t33-,34-,35-/m0/s1. The van der Waals surface area contributed by atoms with Crippen molar-refractivity contribution in [3.05, 3.63) is 168 Å². The highest BCUT2D eigenvalue weighted by atomic mass is 31.2. The van der Waals surface area contributed by atoms with Gasteiger partial charge in [-0.05, 0) is 23.1 Å². The van der Waals surface area contributed by atoms with Gasteiger partial charge in [-0.2, -0.15) is 0 Å². The Kier molecular flexibility index (Phi) is 8.85. The minimum atomic E-state index is -3.36. The van der Waals surface area contributed by atoms with Crippen LogP contribution < -0.4 is 10.6 Å². The topological polar surface area (TPSA) is 46.5 Å². The van der Waals surface area contributed by atoms with Crippen LogP contribution in [0.25, 0.3) is 0 Å². The number of hydrogen-bond donors (Lipinski definition) is 1. The number of ether oxygens (including phenoxy) is 1. The summed E-state index contributed by atoms with van der Waals surface area (Å²) in [7, 11) is -3.36. The molecule has 4 heteroatoms. The highest BCUT2D eigenvalue weighted by Crippen LogP contribution is 2.56. The zero-order chi connectivity index (χ0) is 26.9. The van der Waals surface area contributed by atoms with Crippen molar-refractivity contribution in [2.75, 3.05) is 0 Å². The molecule has 0 aromatic heterocycles. The van der Waals surface area contributed by atoms with E-state index in [4.69, 9.17) is 4.74 Å². The normalized spacial score (nSPS) is 13.9. The van der Waals surface area contributed by atoms with Crippen LogP contribution in [-0.2, 0) is 15.9 Å². The van der Waals surface area contributed by atoms with Crippen molar-refractivity contribution in [1.82, 2.24) is 0 Å². The summed E-state index contributed by atoms with van der Waals surface area (Å²) < 4.78 is 22.1. The van der Waals surface area contributed by atoms with Crippen LogP contribution >= 0.6 is 7.14 Å². The van der Waals surface area contributed by atoms with Gasteiger partial charge in [-0.15, -0.1) is 0 Å². The maximum atomic E-state index is 15.6. The maximum Gasteiger partial charge on any atom is 0.149 e. The first-order valence-corrected chi connectivity index (χ1v) is 15.1. The second kappa shape index (κ2) is 12.9. The van der Waals surface area contributed by atoms with Gasteiger partial charge in [-0.1, -0.05) is 152 Å². The van der Waals surface area contributed by atoms with Crippen LogP contribution in [0.3, 0.4) is 0 Å². The van der Waals surface area contributed by atoms with Crippen molar-refractivity contribution >= 4 is 17.8 Å². The Hall–Kier alpha value is -3.75. The molecule has 0 saturated heterocycles. The first kappa shape index (κ1) is 26.8. The average molecular weight is 533 g/mol. The largest absolute Gasteiger partial charge is 0.388 e. The lowest BCUT2D eigenvalue weighted by molar-refractivity contribution is 0.0236. The van der Waals surface area contributed by atoms with Crippen LogP contribution in [0.1, 0.15) is 35.3 Å². The molecular formula is C35H33O3P. The zero-order valence-corrected chi connectivity index (χ0v) is 22.7. The van der Waals surface area contributed by atoms with Crippen molar-refractivity contribution in [3.8, 4) is 0 Å². The van der Waals surface area contributed by atoms with Gasteiger partial charge in [0.15, 0.2) is 0 Å². The van der Waals surface area contributed by atoms with E-state index in [0.717, 1.165) is 27.3 Å². The van der Waals surface area contributed by atoms with Gasteiger partial charge in [0.2, 0.25) is 0 Å². The minimum Gasteiger partial charge on any atom is -0.388 e. The molecule has 0 saturated carbocycles. The lowest BCUT2D eigenvalue weighted by Crippen LogP contribution is -2.32. The van der Waals surface area contributed by atoms with Gasteiger partial charge in [0.05, 0.1) is 24.5 Å². The van der Waals surface area contributed by atoms with Crippen molar-refractivity contribution < 1.29 is 14.4 Å². The third kappa shape index (κ3) is 6.29. The number of rotatable bonds is 11. The summed E-state index contributed by atoms with van der Waals surface area (Å²) in [5.74, 6) is 0. The molecule has 5 aromatic rings. The van der Waals surface area contributed by atoms with Crippen molar-refractivity contribution in [1.29, 1.82) is 0 Å². The molecule has 39 heavy (non-hydrogen) atoms. The van der Waals surface area contributed by atoms with E-state index in [1.807, 2.05) is 152 Å². The van der Waals surface area contributed by atoms with Gasteiger partial charge in [0, 0.05) is 10.6 Å². The fraction of sp³-hybridized carbons (Fsp3) is 0.143. The van der Waals surface area contributed by atoms with Gasteiger partial charge >= 0.3 is 0 Å². The predicted molar refractivity (Wildman–Crippen MR) is 160 cm³/mol. The molecule has 3 nitrogen and oxygen atoms in total. The third-order valence-corrected chi connectivity index (χ3v) is 10.7. The molecule has 0 aliphatic carbocycles. The Morgan fingerprint density at radius 2 is 0.974 bits per heavy atom. The average Bonchev–Trinajstić information content (AvgIpc) is 3.03. The molecule has 5 rings (SSSR count). The molecule has 0 fully saturated rings. The molecule has 3 atom stereocenters. The van der Waals surface area contributed by atoms with E-state index >= 15 is 4.57 Å². The van der Waals surface area contributed by atoms with Crippen molar-refractivity contribution in [2.24, 2.45) is 0 Å². The van der Waals surface area contributed by atoms with Gasteiger partial charge in [0.1, 0.15) is 7.14 Å². The second-order valence-corrected chi connectivity index (χ2v) is 12.7. The Bertz CT molecular complexity index is 1420. The summed E-state index contributed by atoms with van der Waals surface area (Å²) in [4.78, 5) is 0. The number of aliphatic hydroxyl groups is 1. The zero-order valence-electron chi connectivity index (χ0n) is 21.8. The Labute approximate surface area is 231 Å². The molecule has 0 aliphatic rings. The van der Waals surface area contributed by atoms with Crippen molar-refractivity contribution in [3.63, 3.8) is 0 Å². The van der Waals surface area contributed by atoms with Gasteiger partial charge in [-0.25, -0.2) is 0 Å². The number of benzene rings is 5. The highest BCUT2D eigenvalue weighted by molar-refractivity contribution is 7.79. The highest BCUT2D eigenvalue weighted by Gasteiger charge is 2.43. The van der Waals surface area contributed by atoms with Crippen LogP contribution in [0.5, 0.6) is 0 Å². The fourth-order valence-corrected chi connectivity index (χ4v) is 8.49. The van der Waals surface area contributed by atoms with Gasteiger partial charge in [-0.3, -0.25) is 0 Å². The van der Waals surface area contributed by atoms with E-state index < -0.39 is 18.9 Å². The van der Waals surface area contributed by atoms with Crippen molar-refractivity contribution in [2.45, 2.75) is 30.9 Å². The molecule has 0 bridgehead atoms. The molecule has 0 radical (unpaired) electrons. The summed E-state index contributed by atoms with van der Waals surface area (Å²) >= 11 is 0. The lowest BCUT2D eigenvalue weighted by atomic mass is 9.98. The smallest absolute Gasteiger partial charge is 0.149 e.